The Kier molecular flexibility index (Phi) is 6.64. The first-order chi connectivity index (χ1) is 14.1. The molecule has 30 heavy (non-hydrogen) atoms. The van der Waals surface area contributed by atoms with Crippen molar-refractivity contribution in [3.05, 3.63) is 52.5 Å². The zero-order chi connectivity index (χ0) is 21.9. The number of nitrogens with zero attached hydrogens (tertiary/aromatic N) is 4. The Morgan fingerprint density at radius 2 is 1.70 bits per heavy atom. The van der Waals surface area contributed by atoms with E-state index in [2.05, 4.69) is 53.3 Å². The van der Waals surface area contributed by atoms with E-state index in [1.807, 2.05) is 32.6 Å². The van der Waals surface area contributed by atoms with Gasteiger partial charge in [-0.3, -0.25) is 0 Å². The van der Waals surface area contributed by atoms with Crippen molar-refractivity contribution >= 4 is 11.8 Å². The number of rotatable bonds is 3. The molecular formula is C24H35N5O. The maximum absolute atomic E-state index is 12.6. The van der Waals surface area contributed by atoms with Gasteiger partial charge in [0.15, 0.2) is 0 Å². The number of carbonyl (C=O) groups excluding carboxylic acids is 1. The molecule has 1 aromatic carbocycles. The molecule has 2 aromatic rings. The number of nitrogens with one attached hydrogen (secondary N) is 1. The zero-order valence-electron chi connectivity index (χ0n) is 19.2. The van der Waals surface area contributed by atoms with E-state index in [1.165, 1.54) is 16.7 Å². The summed E-state index contributed by atoms with van der Waals surface area (Å²) in [5, 5.41) is 3.08. The lowest BCUT2D eigenvalue weighted by Crippen LogP contribution is -2.49. The number of hydrogen-bond donors (Lipinski definition) is 1. The summed E-state index contributed by atoms with van der Waals surface area (Å²) in [4.78, 5) is 26.4. The molecule has 162 valence electrons. The Bertz CT molecular complexity index is 886. The molecule has 0 saturated carbocycles. The average Bonchev–Trinajstić information content (AvgIpc) is 2.90. The molecule has 2 amide bonds. The smallest absolute Gasteiger partial charge is 0.317 e. The van der Waals surface area contributed by atoms with Gasteiger partial charge in [0.05, 0.1) is 0 Å². The molecule has 1 fully saturated rings. The van der Waals surface area contributed by atoms with Crippen molar-refractivity contribution in [3.8, 4) is 0 Å². The van der Waals surface area contributed by atoms with Gasteiger partial charge in [-0.1, -0.05) is 29.8 Å². The van der Waals surface area contributed by atoms with E-state index in [4.69, 9.17) is 4.98 Å². The van der Waals surface area contributed by atoms with E-state index < -0.39 is 0 Å². The van der Waals surface area contributed by atoms with Crippen molar-refractivity contribution in [1.29, 1.82) is 0 Å². The van der Waals surface area contributed by atoms with Crippen molar-refractivity contribution in [2.75, 3.05) is 31.1 Å². The first-order valence-corrected chi connectivity index (χ1v) is 10.8. The van der Waals surface area contributed by atoms with E-state index in [-0.39, 0.29) is 11.6 Å². The fraction of sp³-hybridized carbons (Fsp3) is 0.542. The van der Waals surface area contributed by atoms with Crippen LogP contribution in [0.25, 0.3) is 0 Å². The van der Waals surface area contributed by atoms with Gasteiger partial charge in [-0.15, -0.1) is 0 Å². The van der Waals surface area contributed by atoms with E-state index in [1.54, 1.807) is 0 Å². The highest BCUT2D eigenvalue weighted by molar-refractivity contribution is 5.75. The van der Waals surface area contributed by atoms with Gasteiger partial charge in [-0.25, -0.2) is 14.8 Å². The van der Waals surface area contributed by atoms with Gasteiger partial charge in [-0.05, 0) is 53.5 Å². The first-order valence-electron chi connectivity index (χ1n) is 10.8. The van der Waals surface area contributed by atoms with Gasteiger partial charge < -0.3 is 15.1 Å². The molecule has 6 heteroatoms. The fourth-order valence-electron chi connectivity index (χ4n) is 3.83. The van der Waals surface area contributed by atoms with Crippen molar-refractivity contribution in [2.24, 2.45) is 0 Å². The van der Waals surface area contributed by atoms with Gasteiger partial charge in [0.1, 0.15) is 11.6 Å². The molecule has 3 rings (SSSR count). The van der Waals surface area contributed by atoms with Gasteiger partial charge in [0, 0.05) is 49.4 Å². The van der Waals surface area contributed by atoms with Crippen LogP contribution >= 0.6 is 0 Å². The minimum absolute atomic E-state index is 0.0132. The van der Waals surface area contributed by atoms with E-state index in [9.17, 15) is 4.79 Å². The summed E-state index contributed by atoms with van der Waals surface area (Å²) in [6, 6.07) is 8.67. The monoisotopic (exact) mass is 409 g/mol. The Morgan fingerprint density at radius 3 is 2.37 bits per heavy atom. The Morgan fingerprint density at radius 1 is 1.00 bits per heavy atom. The van der Waals surface area contributed by atoms with E-state index in [0.29, 0.717) is 6.54 Å². The summed E-state index contributed by atoms with van der Waals surface area (Å²) in [6.45, 7) is 15.3. The lowest BCUT2D eigenvalue weighted by atomic mass is 10.0. The molecule has 1 saturated heterocycles. The number of aromatic nitrogens is 2. The second-order valence-corrected chi connectivity index (χ2v) is 9.33. The van der Waals surface area contributed by atoms with Crippen molar-refractivity contribution in [3.63, 3.8) is 0 Å². The predicted octanol–water partition coefficient (Wildman–Crippen LogP) is 4.01. The lowest BCUT2D eigenvalue weighted by Gasteiger charge is -2.28. The number of amides is 2. The SMILES string of the molecule is Cc1ccc(Cc2c(C)nc(C)nc2N2CCCN(C(=O)NC(C)(C)C)CC2)cc1. The molecule has 2 heterocycles. The molecule has 1 aliphatic rings. The normalized spacial score (nSPS) is 15.1. The molecule has 1 aromatic heterocycles. The predicted molar refractivity (Wildman–Crippen MR) is 122 cm³/mol. The number of aryl methyl sites for hydroxylation is 3. The Labute approximate surface area is 180 Å². The molecule has 1 aliphatic heterocycles. The Hall–Kier alpha value is -2.63. The van der Waals surface area contributed by atoms with Crippen LogP contribution in [0.4, 0.5) is 10.6 Å². The van der Waals surface area contributed by atoms with Crippen LogP contribution in [0.2, 0.25) is 0 Å². The summed E-state index contributed by atoms with van der Waals surface area (Å²) in [7, 11) is 0. The van der Waals surface area contributed by atoms with Gasteiger partial charge in [0.2, 0.25) is 0 Å². The fourth-order valence-corrected chi connectivity index (χ4v) is 3.83. The summed E-state index contributed by atoms with van der Waals surface area (Å²) in [5.41, 5.74) is 4.50. The third-order valence-corrected chi connectivity index (χ3v) is 5.37. The van der Waals surface area contributed by atoms with Crippen LogP contribution < -0.4 is 10.2 Å². The summed E-state index contributed by atoms with van der Waals surface area (Å²) < 4.78 is 0. The topological polar surface area (TPSA) is 61.4 Å². The van der Waals surface area contributed by atoms with E-state index >= 15 is 0 Å². The highest BCUT2D eigenvalue weighted by atomic mass is 16.2. The van der Waals surface area contributed by atoms with Crippen molar-refractivity contribution in [1.82, 2.24) is 20.2 Å². The number of hydrogen-bond acceptors (Lipinski definition) is 4. The molecule has 0 aliphatic carbocycles. The summed E-state index contributed by atoms with van der Waals surface area (Å²) in [6.07, 6.45) is 1.73. The molecule has 6 nitrogen and oxygen atoms in total. The van der Waals surface area contributed by atoms with E-state index in [0.717, 1.165) is 49.8 Å². The minimum Gasteiger partial charge on any atom is -0.354 e. The van der Waals surface area contributed by atoms with Gasteiger partial charge in [-0.2, -0.15) is 0 Å². The number of benzene rings is 1. The van der Waals surface area contributed by atoms with Crippen LogP contribution in [0.3, 0.4) is 0 Å². The standard InChI is InChI=1S/C24H35N5O/c1-17-8-10-20(11-9-17)16-21-18(2)25-19(3)26-22(21)28-12-7-13-29(15-14-28)23(30)27-24(4,5)6/h8-11H,7,12-16H2,1-6H3,(H,27,30). The first kappa shape index (κ1) is 22.1. The summed E-state index contributed by atoms with van der Waals surface area (Å²) in [5.74, 6) is 1.81. The quantitative estimate of drug-likeness (QED) is 0.832. The largest absolute Gasteiger partial charge is 0.354 e. The van der Waals surface area contributed by atoms with Crippen LogP contribution in [0.15, 0.2) is 24.3 Å². The molecule has 0 radical (unpaired) electrons. The third-order valence-electron chi connectivity index (χ3n) is 5.37. The van der Waals surface area contributed by atoms with Crippen LogP contribution in [-0.4, -0.2) is 52.6 Å². The number of anilines is 1. The van der Waals surface area contributed by atoms with Crippen LogP contribution in [0.1, 0.15) is 55.4 Å². The second kappa shape index (κ2) is 9.02. The van der Waals surface area contributed by atoms with Gasteiger partial charge >= 0.3 is 6.03 Å². The van der Waals surface area contributed by atoms with Crippen molar-refractivity contribution in [2.45, 2.75) is 59.9 Å². The second-order valence-electron chi connectivity index (χ2n) is 9.33. The maximum Gasteiger partial charge on any atom is 0.317 e. The van der Waals surface area contributed by atoms with Crippen LogP contribution in [-0.2, 0) is 6.42 Å². The average molecular weight is 410 g/mol. The van der Waals surface area contributed by atoms with Crippen LogP contribution in [0.5, 0.6) is 0 Å². The molecule has 0 unspecified atom stereocenters. The maximum atomic E-state index is 12.6. The minimum atomic E-state index is -0.231. The third kappa shape index (κ3) is 5.71. The highest BCUT2D eigenvalue weighted by Crippen LogP contribution is 2.25. The zero-order valence-corrected chi connectivity index (χ0v) is 19.2. The van der Waals surface area contributed by atoms with Crippen molar-refractivity contribution < 1.29 is 4.79 Å². The molecule has 0 atom stereocenters. The lowest BCUT2D eigenvalue weighted by molar-refractivity contribution is 0.192. The van der Waals surface area contributed by atoms with Crippen LogP contribution in [0, 0.1) is 20.8 Å². The summed E-state index contributed by atoms with van der Waals surface area (Å²) >= 11 is 0. The number of urea groups is 1. The molecular weight excluding hydrogens is 374 g/mol. The Balaban J connectivity index is 1.81. The molecule has 1 N–H and O–H groups in total. The molecule has 0 spiro atoms. The highest BCUT2D eigenvalue weighted by Gasteiger charge is 2.25. The van der Waals surface area contributed by atoms with Gasteiger partial charge in [0.25, 0.3) is 0 Å². The number of carbonyl (C=O) groups is 1. The molecule has 0 bridgehead atoms.